The molecule has 2 nitrogen and oxygen atoms in total. The molecule has 0 aromatic carbocycles. The summed E-state index contributed by atoms with van der Waals surface area (Å²) in [5, 5.41) is 16.6. The van der Waals surface area contributed by atoms with Crippen molar-refractivity contribution in [2.24, 2.45) is 0 Å². The van der Waals surface area contributed by atoms with Gasteiger partial charge in [0.05, 0.1) is 6.61 Å². The van der Waals surface area contributed by atoms with E-state index < -0.39 is 28.7 Å². The molecule has 78 valence electrons. The van der Waals surface area contributed by atoms with Gasteiger partial charge in [0, 0.05) is 16.9 Å². The highest BCUT2D eigenvalue weighted by molar-refractivity contribution is 8.00. The molecular formula is C7H11F3O2S. The summed E-state index contributed by atoms with van der Waals surface area (Å²) in [5.74, 6) is 0. The van der Waals surface area contributed by atoms with Crippen LogP contribution in [-0.4, -0.2) is 39.1 Å². The summed E-state index contributed by atoms with van der Waals surface area (Å²) >= 11 is 0.979. The van der Waals surface area contributed by atoms with Gasteiger partial charge < -0.3 is 10.2 Å². The number of aliphatic hydroxyl groups excluding tert-OH is 1. The van der Waals surface area contributed by atoms with Gasteiger partial charge in [-0.15, -0.1) is 11.8 Å². The van der Waals surface area contributed by atoms with Crippen molar-refractivity contribution in [1.29, 1.82) is 0 Å². The van der Waals surface area contributed by atoms with Crippen LogP contribution in [0.3, 0.4) is 0 Å². The van der Waals surface area contributed by atoms with Gasteiger partial charge in [0.2, 0.25) is 0 Å². The van der Waals surface area contributed by atoms with Crippen molar-refractivity contribution in [3.8, 4) is 0 Å². The lowest BCUT2D eigenvalue weighted by Gasteiger charge is -2.29. The molecule has 6 heteroatoms. The SMILES string of the molecule is C[C@@H]1S[C@H](CO)C[C@]1(O)C(F)(F)F. The monoisotopic (exact) mass is 216 g/mol. The van der Waals surface area contributed by atoms with E-state index in [1.807, 2.05) is 0 Å². The molecule has 0 saturated carbocycles. The van der Waals surface area contributed by atoms with E-state index in [9.17, 15) is 18.3 Å². The van der Waals surface area contributed by atoms with Gasteiger partial charge in [-0.1, -0.05) is 6.92 Å². The van der Waals surface area contributed by atoms with Gasteiger partial charge >= 0.3 is 6.18 Å². The van der Waals surface area contributed by atoms with E-state index in [4.69, 9.17) is 5.11 Å². The van der Waals surface area contributed by atoms with Crippen molar-refractivity contribution >= 4 is 11.8 Å². The highest BCUT2D eigenvalue weighted by Crippen LogP contribution is 2.49. The molecule has 1 saturated heterocycles. The summed E-state index contributed by atoms with van der Waals surface area (Å²) < 4.78 is 37.1. The minimum atomic E-state index is -4.61. The van der Waals surface area contributed by atoms with Crippen molar-refractivity contribution in [3.05, 3.63) is 0 Å². The lowest BCUT2D eigenvalue weighted by molar-refractivity contribution is -0.258. The smallest absolute Gasteiger partial charge is 0.395 e. The maximum absolute atomic E-state index is 12.4. The number of aliphatic hydroxyl groups is 2. The zero-order chi connectivity index (χ0) is 10.3. The summed E-state index contributed by atoms with van der Waals surface area (Å²) in [4.78, 5) is 0. The van der Waals surface area contributed by atoms with E-state index in [-0.39, 0.29) is 6.61 Å². The quantitative estimate of drug-likeness (QED) is 0.691. The molecule has 0 bridgehead atoms. The van der Waals surface area contributed by atoms with E-state index >= 15 is 0 Å². The zero-order valence-corrected chi connectivity index (χ0v) is 7.82. The van der Waals surface area contributed by atoms with Crippen LogP contribution in [0, 0.1) is 0 Å². The van der Waals surface area contributed by atoms with Crippen molar-refractivity contribution in [2.75, 3.05) is 6.61 Å². The summed E-state index contributed by atoms with van der Waals surface area (Å²) in [6.45, 7) is 1.00. The minimum absolute atomic E-state index is 0.326. The second-order valence-corrected chi connectivity index (χ2v) is 4.85. The molecule has 0 unspecified atom stereocenters. The fourth-order valence-electron chi connectivity index (χ4n) is 1.42. The predicted octanol–water partition coefficient (Wildman–Crippen LogP) is 1.17. The molecule has 0 aromatic heterocycles. The summed E-state index contributed by atoms with van der Waals surface area (Å²) in [6, 6.07) is 0. The third-order valence-corrected chi connectivity index (χ3v) is 3.80. The van der Waals surface area contributed by atoms with Gasteiger partial charge in [-0.25, -0.2) is 0 Å². The largest absolute Gasteiger partial charge is 0.418 e. The highest BCUT2D eigenvalue weighted by atomic mass is 32.2. The number of halogens is 3. The van der Waals surface area contributed by atoms with Crippen molar-refractivity contribution in [2.45, 2.75) is 35.6 Å². The Morgan fingerprint density at radius 1 is 1.54 bits per heavy atom. The Morgan fingerprint density at radius 3 is 2.31 bits per heavy atom. The number of rotatable bonds is 1. The maximum atomic E-state index is 12.4. The Kier molecular flexibility index (Phi) is 2.85. The highest BCUT2D eigenvalue weighted by Gasteiger charge is 2.61. The molecule has 0 aliphatic carbocycles. The molecule has 2 N–H and O–H groups in total. The van der Waals surface area contributed by atoms with Crippen LogP contribution in [0.1, 0.15) is 13.3 Å². The maximum Gasteiger partial charge on any atom is 0.418 e. The summed E-state index contributed by atoms with van der Waals surface area (Å²) in [7, 11) is 0. The molecule has 0 spiro atoms. The number of hydrogen-bond acceptors (Lipinski definition) is 3. The Morgan fingerprint density at radius 2 is 2.08 bits per heavy atom. The summed E-state index contributed by atoms with van der Waals surface area (Å²) in [6.07, 6.45) is -5.03. The van der Waals surface area contributed by atoms with Gasteiger partial charge in [-0.05, 0) is 0 Å². The van der Waals surface area contributed by atoms with Gasteiger partial charge in [0.1, 0.15) is 0 Å². The topological polar surface area (TPSA) is 40.5 Å². The third kappa shape index (κ3) is 1.80. The summed E-state index contributed by atoms with van der Waals surface area (Å²) in [5.41, 5.74) is -2.63. The normalized spacial score (nSPS) is 41.1. The average Bonchev–Trinajstić information content (AvgIpc) is 2.28. The molecule has 0 radical (unpaired) electrons. The van der Waals surface area contributed by atoms with E-state index in [1.54, 1.807) is 0 Å². The first-order chi connectivity index (χ1) is 5.81. The molecule has 1 aliphatic heterocycles. The van der Waals surface area contributed by atoms with Crippen LogP contribution in [-0.2, 0) is 0 Å². The standard InChI is InChI=1S/C7H11F3O2S/c1-4-6(12,7(8,9)10)2-5(3-11)13-4/h4-5,11-12H,2-3H2,1H3/t4-,5-,6+/m0/s1. The fraction of sp³-hybridized carbons (Fsp3) is 1.00. The van der Waals surface area contributed by atoms with Crippen LogP contribution in [0.15, 0.2) is 0 Å². The number of hydrogen-bond donors (Lipinski definition) is 2. The van der Waals surface area contributed by atoms with Crippen LogP contribution in [0.4, 0.5) is 13.2 Å². The van der Waals surface area contributed by atoms with Crippen molar-refractivity contribution in [1.82, 2.24) is 0 Å². The Labute approximate surface area is 78.1 Å². The van der Waals surface area contributed by atoms with Gasteiger partial charge in [0.25, 0.3) is 0 Å². The molecule has 0 amide bonds. The zero-order valence-electron chi connectivity index (χ0n) is 7.01. The second-order valence-electron chi connectivity index (χ2n) is 3.21. The Hall–Kier alpha value is 0.0600. The molecule has 1 heterocycles. The van der Waals surface area contributed by atoms with Gasteiger partial charge in [-0.2, -0.15) is 13.2 Å². The van der Waals surface area contributed by atoms with E-state index in [0.29, 0.717) is 0 Å². The molecule has 1 fully saturated rings. The molecule has 1 rings (SSSR count). The molecule has 1 aliphatic rings. The lowest BCUT2D eigenvalue weighted by atomic mass is 9.94. The van der Waals surface area contributed by atoms with Gasteiger partial charge in [0.15, 0.2) is 5.60 Å². The van der Waals surface area contributed by atoms with Crippen LogP contribution < -0.4 is 0 Å². The van der Waals surface area contributed by atoms with Crippen molar-refractivity contribution < 1.29 is 23.4 Å². The van der Waals surface area contributed by atoms with E-state index in [0.717, 1.165) is 11.8 Å². The first-order valence-corrected chi connectivity index (χ1v) is 4.81. The van der Waals surface area contributed by atoms with E-state index in [1.165, 1.54) is 6.92 Å². The predicted molar refractivity (Wildman–Crippen MR) is 43.5 cm³/mol. The Bertz CT molecular complexity index is 197. The first kappa shape index (κ1) is 11.1. The van der Waals surface area contributed by atoms with Crippen molar-refractivity contribution in [3.63, 3.8) is 0 Å². The third-order valence-electron chi connectivity index (χ3n) is 2.30. The second kappa shape index (κ2) is 3.33. The number of thioether (sulfide) groups is 1. The lowest BCUT2D eigenvalue weighted by Crippen LogP contribution is -2.49. The van der Waals surface area contributed by atoms with Crippen LogP contribution >= 0.6 is 11.8 Å². The molecule has 13 heavy (non-hydrogen) atoms. The van der Waals surface area contributed by atoms with Crippen LogP contribution in [0.25, 0.3) is 0 Å². The van der Waals surface area contributed by atoms with Crippen LogP contribution in [0.2, 0.25) is 0 Å². The average molecular weight is 216 g/mol. The Balaban J connectivity index is 2.81. The first-order valence-electron chi connectivity index (χ1n) is 3.86. The molecular weight excluding hydrogens is 205 g/mol. The minimum Gasteiger partial charge on any atom is -0.395 e. The molecule has 3 atom stereocenters. The number of alkyl halides is 3. The van der Waals surface area contributed by atoms with Crippen LogP contribution in [0.5, 0.6) is 0 Å². The fourth-order valence-corrected chi connectivity index (χ4v) is 2.88. The van der Waals surface area contributed by atoms with Gasteiger partial charge in [-0.3, -0.25) is 0 Å². The van der Waals surface area contributed by atoms with E-state index in [2.05, 4.69) is 0 Å². The molecule has 0 aromatic rings.